The number of piperidine rings is 1. The Kier molecular flexibility index (Phi) is 6.14. The van der Waals surface area contributed by atoms with E-state index in [1.54, 1.807) is 12.3 Å². The van der Waals surface area contributed by atoms with Crippen molar-refractivity contribution in [1.29, 1.82) is 0 Å². The monoisotopic (exact) mass is 495 g/mol. The van der Waals surface area contributed by atoms with Crippen molar-refractivity contribution in [3.8, 4) is 0 Å². The molecule has 0 aromatic carbocycles. The van der Waals surface area contributed by atoms with E-state index in [1.165, 1.54) is 7.11 Å². The number of fused-ring (bicyclic) bond motifs is 3. The molecule has 192 valence electrons. The topological polar surface area (TPSA) is 130 Å². The molecule has 2 aromatic heterocycles. The Hall–Kier alpha value is -3.02. The highest BCUT2D eigenvalue weighted by atomic mass is 16.5. The molecule has 6 heterocycles. The molecule has 4 aliphatic heterocycles. The molecule has 4 fully saturated rings. The van der Waals surface area contributed by atoms with Gasteiger partial charge in [0.1, 0.15) is 17.7 Å². The van der Waals surface area contributed by atoms with Gasteiger partial charge in [-0.1, -0.05) is 0 Å². The highest BCUT2D eigenvalue weighted by Crippen LogP contribution is 2.40. The van der Waals surface area contributed by atoms with Crippen LogP contribution >= 0.6 is 0 Å². The Balaban J connectivity index is 1.27. The van der Waals surface area contributed by atoms with Gasteiger partial charge in [0, 0.05) is 48.2 Å². The normalized spacial score (nSPS) is 32.0. The summed E-state index contributed by atoms with van der Waals surface area (Å²) >= 11 is 0. The Morgan fingerprint density at radius 1 is 1.14 bits per heavy atom. The van der Waals surface area contributed by atoms with E-state index in [0.29, 0.717) is 41.9 Å². The molecule has 0 radical (unpaired) electrons. The Morgan fingerprint density at radius 2 is 1.94 bits per heavy atom. The van der Waals surface area contributed by atoms with Crippen LogP contribution in [0.1, 0.15) is 55.8 Å². The van der Waals surface area contributed by atoms with Crippen molar-refractivity contribution in [3.63, 3.8) is 0 Å². The van der Waals surface area contributed by atoms with Gasteiger partial charge in [-0.25, -0.2) is 15.2 Å². The van der Waals surface area contributed by atoms with E-state index in [9.17, 15) is 9.59 Å². The zero-order valence-corrected chi connectivity index (χ0v) is 20.6. The fourth-order valence-electron chi connectivity index (χ4n) is 6.31. The number of nitrogens with zero attached hydrogens (tertiary/aromatic N) is 3. The number of nitrogens with one attached hydrogen (secondary N) is 4. The van der Waals surface area contributed by atoms with Gasteiger partial charge >= 0.3 is 11.9 Å². The molecule has 2 bridgehead atoms. The first-order valence-corrected chi connectivity index (χ1v) is 12.9. The van der Waals surface area contributed by atoms with Crippen LogP contribution in [-0.2, 0) is 14.3 Å². The van der Waals surface area contributed by atoms with Gasteiger partial charge in [0.25, 0.3) is 0 Å². The highest BCUT2D eigenvalue weighted by molar-refractivity contribution is 5.98. The average Bonchev–Trinajstić information content (AvgIpc) is 3.55. The summed E-state index contributed by atoms with van der Waals surface area (Å²) in [5.74, 6) is 0.911. The summed E-state index contributed by atoms with van der Waals surface area (Å²) in [6.07, 6.45) is 7.34. The summed E-state index contributed by atoms with van der Waals surface area (Å²) in [5, 5.41) is 7.92. The van der Waals surface area contributed by atoms with Crippen LogP contribution in [0.25, 0.3) is 10.9 Å². The van der Waals surface area contributed by atoms with Crippen LogP contribution in [0.4, 0.5) is 11.6 Å². The minimum Gasteiger partial charge on any atom is -0.465 e. The van der Waals surface area contributed by atoms with Crippen molar-refractivity contribution in [3.05, 3.63) is 23.9 Å². The first kappa shape index (κ1) is 23.4. The number of ether oxygens (including phenoxy) is 2. The Bertz CT molecular complexity index is 1160. The van der Waals surface area contributed by atoms with Crippen molar-refractivity contribution in [1.82, 2.24) is 25.7 Å². The largest absolute Gasteiger partial charge is 0.465 e. The summed E-state index contributed by atoms with van der Waals surface area (Å²) in [4.78, 5) is 36.3. The fraction of sp³-hybridized carbons (Fsp3) is 0.600. The molecular weight excluding hydrogens is 462 g/mol. The number of carbonyl (C=O) groups excluding carboxylic acids is 2. The number of rotatable bonds is 6. The number of carbonyl (C=O) groups is 2. The lowest BCUT2D eigenvalue weighted by Gasteiger charge is -2.41. The number of aromatic nitrogens is 2. The third-order valence-electron chi connectivity index (χ3n) is 7.91. The maximum atomic E-state index is 12.3. The predicted molar refractivity (Wildman–Crippen MR) is 133 cm³/mol. The lowest BCUT2D eigenvalue weighted by atomic mass is 9.94. The van der Waals surface area contributed by atoms with E-state index in [0.717, 1.165) is 49.4 Å². The summed E-state index contributed by atoms with van der Waals surface area (Å²) in [6, 6.07) is 4.87. The predicted octanol–water partition coefficient (Wildman–Crippen LogP) is 1.76. The molecule has 0 saturated carbocycles. The average molecular weight is 496 g/mol. The van der Waals surface area contributed by atoms with Gasteiger partial charge in [-0.05, 0) is 45.1 Å². The van der Waals surface area contributed by atoms with Crippen LogP contribution in [0.5, 0.6) is 0 Å². The number of cyclic esters (lactones) is 1. The van der Waals surface area contributed by atoms with E-state index in [1.807, 2.05) is 6.07 Å². The molecular formula is C25H33N7O4. The van der Waals surface area contributed by atoms with E-state index in [4.69, 9.17) is 14.5 Å². The third kappa shape index (κ3) is 4.35. The molecule has 0 aliphatic carbocycles. The number of anilines is 2. The van der Waals surface area contributed by atoms with Crippen molar-refractivity contribution in [2.24, 2.45) is 0 Å². The number of methoxy groups -OCH3 is 1. The molecule has 6 atom stereocenters. The quantitative estimate of drug-likeness (QED) is 0.438. The third-order valence-corrected chi connectivity index (χ3v) is 7.91. The fourth-order valence-corrected chi connectivity index (χ4v) is 6.31. The molecule has 36 heavy (non-hydrogen) atoms. The minimum atomic E-state index is -0.428. The van der Waals surface area contributed by atoms with Crippen LogP contribution in [0, 0.1) is 0 Å². The van der Waals surface area contributed by atoms with E-state index >= 15 is 0 Å². The number of pyridine rings is 2. The number of hydrazine groups is 1. The minimum absolute atomic E-state index is 0.0531. The van der Waals surface area contributed by atoms with Gasteiger partial charge in [0.2, 0.25) is 0 Å². The maximum absolute atomic E-state index is 12.3. The van der Waals surface area contributed by atoms with Crippen LogP contribution < -0.4 is 21.5 Å². The van der Waals surface area contributed by atoms with E-state index in [2.05, 4.69) is 38.3 Å². The molecule has 4 saturated heterocycles. The zero-order chi connectivity index (χ0) is 24.8. The van der Waals surface area contributed by atoms with E-state index < -0.39 is 5.97 Å². The SMILES string of the molecule is COC(=O)c1cnc2cc(NC3CC(C)NN3)nc(NC3C[C@H]4CC[C@@H](C3)N4C3CCOC3=O)c2c1. The van der Waals surface area contributed by atoms with Gasteiger partial charge in [-0.3, -0.25) is 20.1 Å². The molecule has 6 rings (SSSR count). The van der Waals surface area contributed by atoms with E-state index in [-0.39, 0.29) is 24.2 Å². The molecule has 4 N–H and O–H groups in total. The second-order valence-corrected chi connectivity index (χ2v) is 10.4. The van der Waals surface area contributed by atoms with Crippen molar-refractivity contribution >= 4 is 34.5 Å². The lowest BCUT2D eigenvalue weighted by molar-refractivity contribution is -0.143. The molecule has 0 amide bonds. The summed E-state index contributed by atoms with van der Waals surface area (Å²) < 4.78 is 10.2. The molecule has 4 unspecified atom stereocenters. The van der Waals surface area contributed by atoms with Gasteiger partial charge in [-0.2, -0.15) is 0 Å². The molecule has 2 aromatic rings. The van der Waals surface area contributed by atoms with Crippen molar-refractivity contribution < 1.29 is 19.1 Å². The Labute approximate surface area is 209 Å². The van der Waals surface area contributed by atoms with Gasteiger partial charge in [-0.15, -0.1) is 0 Å². The zero-order valence-electron chi connectivity index (χ0n) is 20.6. The number of hydrogen-bond donors (Lipinski definition) is 4. The summed E-state index contributed by atoms with van der Waals surface area (Å²) in [5.41, 5.74) is 7.60. The second kappa shape index (κ2) is 9.45. The van der Waals surface area contributed by atoms with Crippen LogP contribution in [-0.4, -0.2) is 76.9 Å². The second-order valence-electron chi connectivity index (χ2n) is 10.4. The van der Waals surface area contributed by atoms with Crippen LogP contribution in [0.15, 0.2) is 18.3 Å². The molecule has 11 nitrogen and oxygen atoms in total. The van der Waals surface area contributed by atoms with Crippen molar-refractivity contribution in [2.75, 3.05) is 24.4 Å². The number of esters is 2. The Morgan fingerprint density at radius 3 is 2.61 bits per heavy atom. The first-order valence-electron chi connectivity index (χ1n) is 12.9. The molecule has 4 aliphatic rings. The summed E-state index contributed by atoms with van der Waals surface area (Å²) in [7, 11) is 1.37. The van der Waals surface area contributed by atoms with Gasteiger partial charge < -0.3 is 20.1 Å². The lowest BCUT2D eigenvalue weighted by Crippen LogP contribution is -2.53. The molecule has 0 spiro atoms. The van der Waals surface area contributed by atoms with Gasteiger partial charge in [0.05, 0.1) is 31.0 Å². The highest BCUT2D eigenvalue weighted by Gasteiger charge is 2.47. The molecule has 11 heteroatoms. The maximum Gasteiger partial charge on any atom is 0.339 e. The standard InChI is InChI=1S/C25H33N7O4/c1-13-7-22(31-30-13)28-21-11-19-18(8-14(12-26-19)24(33)35-2)23(29-21)27-15-9-16-3-4-17(10-15)32(16)20-5-6-36-25(20)34/h8,11-13,15-17,20,22,30-31H,3-7,9-10H2,1-2H3,(H2,27,28,29)/t13?,15?,16-,17+,20?,22?. The van der Waals surface area contributed by atoms with Crippen LogP contribution in [0.2, 0.25) is 0 Å². The number of hydrogen-bond acceptors (Lipinski definition) is 11. The smallest absolute Gasteiger partial charge is 0.339 e. The summed E-state index contributed by atoms with van der Waals surface area (Å²) in [6.45, 7) is 2.65. The van der Waals surface area contributed by atoms with Crippen LogP contribution in [0.3, 0.4) is 0 Å². The first-order chi connectivity index (χ1) is 17.5. The van der Waals surface area contributed by atoms with Crippen molar-refractivity contribution in [2.45, 2.75) is 81.8 Å². The van der Waals surface area contributed by atoms with Gasteiger partial charge in [0.15, 0.2) is 0 Å².